The molecule has 82 valence electrons. The van der Waals surface area contributed by atoms with Crippen LogP contribution in [0.2, 0.25) is 0 Å². The fourth-order valence-electron chi connectivity index (χ4n) is 1.28. The first-order valence-corrected chi connectivity index (χ1v) is 4.90. The third-order valence-electron chi connectivity index (χ3n) is 2.13. The monoisotopic (exact) mass is 218 g/mol. The molecule has 2 aromatic rings. The van der Waals surface area contributed by atoms with E-state index in [1.165, 1.54) is 12.1 Å². The molecular formula is C12H11FN2O. The van der Waals surface area contributed by atoms with Crippen LogP contribution in [0.5, 0.6) is 5.75 Å². The Hall–Kier alpha value is -1.97. The smallest absolute Gasteiger partial charge is 0.166 e. The zero-order valence-electron chi connectivity index (χ0n) is 8.85. The van der Waals surface area contributed by atoms with Gasteiger partial charge in [0.2, 0.25) is 0 Å². The molecule has 1 aromatic carbocycles. The maximum atomic E-state index is 13.0. The molecule has 0 aliphatic rings. The van der Waals surface area contributed by atoms with Crippen LogP contribution >= 0.6 is 0 Å². The van der Waals surface area contributed by atoms with Crippen molar-refractivity contribution in [3.63, 3.8) is 0 Å². The van der Waals surface area contributed by atoms with Gasteiger partial charge < -0.3 is 4.74 Å². The molecule has 0 N–H and O–H groups in total. The highest BCUT2D eigenvalue weighted by atomic mass is 19.1. The number of aryl methyl sites for hydroxylation is 1. The molecule has 16 heavy (non-hydrogen) atoms. The minimum Gasteiger partial charge on any atom is -0.485 e. The Balaban J connectivity index is 2.08. The maximum Gasteiger partial charge on any atom is 0.166 e. The van der Waals surface area contributed by atoms with Crippen LogP contribution in [0.15, 0.2) is 36.7 Å². The molecule has 0 saturated heterocycles. The summed E-state index contributed by atoms with van der Waals surface area (Å²) in [5.74, 6) is 0.785. The average Bonchev–Trinajstić information content (AvgIpc) is 2.32. The quantitative estimate of drug-likeness (QED) is 0.793. The first-order valence-electron chi connectivity index (χ1n) is 4.90. The molecule has 0 atom stereocenters. The van der Waals surface area contributed by atoms with Gasteiger partial charge in [0.1, 0.15) is 18.2 Å². The summed E-state index contributed by atoms with van der Waals surface area (Å²) in [6.45, 7) is 2.10. The molecule has 1 heterocycles. The Morgan fingerprint density at radius 2 is 2.00 bits per heavy atom. The van der Waals surface area contributed by atoms with Gasteiger partial charge in [-0.25, -0.2) is 14.4 Å². The van der Waals surface area contributed by atoms with Crippen molar-refractivity contribution in [2.45, 2.75) is 13.5 Å². The van der Waals surface area contributed by atoms with Crippen molar-refractivity contribution in [3.05, 3.63) is 53.9 Å². The molecule has 1 aromatic heterocycles. The average molecular weight is 218 g/mol. The summed E-state index contributed by atoms with van der Waals surface area (Å²) in [6.07, 6.45) is 3.29. The van der Waals surface area contributed by atoms with Gasteiger partial charge >= 0.3 is 0 Å². The molecule has 0 saturated carbocycles. The van der Waals surface area contributed by atoms with E-state index in [9.17, 15) is 4.39 Å². The number of halogens is 1. The molecule has 0 fully saturated rings. The predicted octanol–water partition coefficient (Wildman–Crippen LogP) is 2.50. The molecule has 0 unspecified atom stereocenters. The summed E-state index contributed by atoms with van der Waals surface area (Å²) in [6, 6.07) is 6.17. The normalized spacial score (nSPS) is 10.1. The second-order valence-electron chi connectivity index (χ2n) is 3.36. The lowest BCUT2D eigenvalue weighted by Crippen LogP contribution is -2.01. The SMILES string of the molecule is Cc1ccc(F)cc1OCc1ncccn1. The van der Waals surface area contributed by atoms with Gasteiger partial charge in [-0.15, -0.1) is 0 Å². The Kier molecular flexibility index (Phi) is 3.10. The van der Waals surface area contributed by atoms with E-state index >= 15 is 0 Å². The van der Waals surface area contributed by atoms with Crippen LogP contribution < -0.4 is 4.74 Å². The third kappa shape index (κ3) is 2.53. The zero-order valence-corrected chi connectivity index (χ0v) is 8.85. The highest BCUT2D eigenvalue weighted by Gasteiger charge is 2.02. The summed E-state index contributed by atoms with van der Waals surface area (Å²) in [5, 5.41) is 0. The molecule has 0 spiro atoms. The first kappa shape index (κ1) is 10.5. The fraction of sp³-hybridized carbons (Fsp3) is 0.167. The van der Waals surface area contributed by atoms with E-state index in [-0.39, 0.29) is 12.4 Å². The van der Waals surface area contributed by atoms with Crippen LogP contribution in [0.4, 0.5) is 4.39 Å². The molecule has 2 rings (SSSR count). The number of benzene rings is 1. The Bertz CT molecular complexity index is 474. The van der Waals surface area contributed by atoms with Gasteiger partial charge in [-0.3, -0.25) is 0 Å². The lowest BCUT2D eigenvalue weighted by atomic mass is 10.2. The van der Waals surface area contributed by atoms with Gasteiger partial charge in [0.05, 0.1) is 0 Å². The van der Waals surface area contributed by atoms with E-state index in [0.29, 0.717) is 11.6 Å². The summed E-state index contributed by atoms with van der Waals surface area (Å²) in [7, 11) is 0. The summed E-state index contributed by atoms with van der Waals surface area (Å²) >= 11 is 0. The zero-order chi connectivity index (χ0) is 11.4. The molecule has 0 amide bonds. The number of hydrogen-bond donors (Lipinski definition) is 0. The van der Waals surface area contributed by atoms with Gasteiger partial charge in [0.15, 0.2) is 5.82 Å². The van der Waals surface area contributed by atoms with E-state index in [4.69, 9.17) is 4.74 Å². The molecule has 0 aliphatic carbocycles. The molecule has 3 nitrogen and oxygen atoms in total. The van der Waals surface area contributed by atoms with E-state index in [1.54, 1.807) is 24.5 Å². The highest BCUT2D eigenvalue weighted by Crippen LogP contribution is 2.19. The number of aromatic nitrogens is 2. The Labute approximate surface area is 92.9 Å². The molecule has 0 bridgehead atoms. The lowest BCUT2D eigenvalue weighted by molar-refractivity contribution is 0.292. The minimum atomic E-state index is -0.311. The van der Waals surface area contributed by atoms with Crippen molar-refractivity contribution in [2.75, 3.05) is 0 Å². The largest absolute Gasteiger partial charge is 0.485 e. The highest BCUT2D eigenvalue weighted by molar-refractivity contribution is 5.32. The molecular weight excluding hydrogens is 207 g/mol. The predicted molar refractivity (Wildman–Crippen MR) is 57.5 cm³/mol. The van der Waals surface area contributed by atoms with Crippen LogP contribution in [0.25, 0.3) is 0 Å². The number of ether oxygens (including phenoxy) is 1. The van der Waals surface area contributed by atoms with Crippen molar-refractivity contribution in [1.82, 2.24) is 9.97 Å². The summed E-state index contributed by atoms with van der Waals surface area (Å²) in [4.78, 5) is 8.03. The van der Waals surface area contributed by atoms with Gasteiger partial charge in [-0.05, 0) is 24.6 Å². The number of rotatable bonds is 3. The summed E-state index contributed by atoms with van der Waals surface area (Å²) in [5.41, 5.74) is 0.886. The number of hydrogen-bond acceptors (Lipinski definition) is 3. The Morgan fingerprint density at radius 3 is 2.75 bits per heavy atom. The minimum absolute atomic E-state index is 0.241. The molecule has 0 aliphatic heterocycles. The van der Waals surface area contributed by atoms with Crippen LogP contribution in [0.1, 0.15) is 11.4 Å². The summed E-state index contributed by atoms with van der Waals surface area (Å²) < 4.78 is 18.4. The van der Waals surface area contributed by atoms with Crippen molar-refractivity contribution >= 4 is 0 Å². The maximum absolute atomic E-state index is 13.0. The van der Waals surface area contributed by atoms with Crippen LogP contribution in [-0.4, -0.2) is 9.97 Å². The van der Waals surface area contributed by atoms with Gasteiger partial charge in [-0.2, -0.15) is 0 Å². The van der Waals surface area contributed by atoms with Crippen molar-refractivity contribution in [2.24, 2.45) is 0 Å². The lowest BCUT2D eigenvalue weighted by Gasteiger charge is -2.07. The molecule has 4 heteroatoms. The van der Waals surface area contributed by atoms with Crippen LogP contribution in [0.3, 0.4) is 0 Å². The van der Waals surface area contributed by atoms with E-state index in [1.807, 2.05) is 6.92 Å². The second kappa shape index (κ2) is 4.70. The van der Waals surface area contributed by atoms with Gasteiger partial charge in [-0.1, -0.05) is 6.07 Å². The Morgan fingerprint density at radius 1 is 1.25 bits per heavy atom. The van der Waals surface area contributed by atoms with Crippen molar-refractivity contribution in [3.8, 4) is 5.75 Å². The van der Waals surface area contributed by atoms with Crippen molar-refractivity contribution < 1.29 is 9.13 Å². The van der Waals surface area contributed by atoms with Gasteiger partial charge in [0, 0.05) is 18.5 Å². The molecule has 0 radical (unpaired) electrons. The topological polar surface area (TPSA) is 35.0 Å². The first-order chi connectivity index (χ1) is 7.75. The van der Waals surface area contributed by atoms with E-state index < -0.39 is 0 Å². The standard InChI is InChI=1S/C12H11FN2O/c1-9-3-4-10(13)7-11(9)16-8-12-14-5-2-6-15-12/h2-7H,8H2,1H3. The van der Waals surface area contributed by atoms with E-state index in [2.05, 4.69) is 9.97 Å². The van der Waals surface area contributed by atoms with Crippen LogP contribution in [0, 0.1) is 12.7 Å². The van der Waals surface area contributed by atoms with Crippen molar-refractivity contribution in [1.29, 1.82) is 0 Å². The van der Waals surface area contributed by atoms with Crippen LogP contribution in [-0.2, 0) is 6.61 Å². The second-order valence-corrected chi connectivity index (χ2v) is 3.36. The van der Waals surface area contributed by atoms with E-state index in [0.717, 1.165) is 5.56 Å². The van der Waals surface area contributed by atoms with Gasteiger partial charge in [0.25, 0.3) is 0 Å². The number of nitrogens with zero attached hydrogens (tertiary/aromatic N) is 2. The third-order valence-corrected chi connectivity index (χ3v) is 2.13. The fourth-order valence-corrected chi connectivity index (χ4v) is 1.28.